The Morgan fingerprint density at radius 1 is 1.00 bits per heavy atom. The summed E-state index contributed by atoms with van der Waals surface area (Å²) in [5, 5.41) is 13.1. The lowest BCUT2D eigenvalue weighted by Gasteiger charge is -2.17. The third-order valence-corrected chi connectivity index (χ3v) is 6.24. The predicted molar refractivity (Wildman–Crippen MR) is 128 cm³/mol. The number of fused-ring (bicyclic) bond motifs is 4. The van der Waals surface area contributed by atoms with E-state index >= 15 is 0 Å². The van der Waals surface area contributed by atoms with E-state index in [0.29, 0.717) is 11.4 Å². The largest absolute Gasteiger partial charge is 0.497 e. The summed E-state index contributed by atoms with van der Waals surface area (Å²) in [4.78, 5) is 27.6. The zero-order valence-corrected chi connectivity index (χ0v) is 18.6. The Bertz CT molecular complexity index is 1330. The monoisotopic (exact) mass is 456 g/mol. The molecule has 1 unspecified atom stereocenters. The van der Waals surface area contributed by atoms with Crippen LogP contribution >= 0.6 is 0 Å². The van der Waals surface area contributed by atoms with Crippen LogP contribution in [0.1, 0.15) is 22.7 Å². The lowest BCUT2D eigenvalue weighted by Crippen LogP contribution is -2.43. The fourth-order valence-electron chi connectivity index (χ4n) is 4.61. The molecule has 7 heteroatoms. The highest BCUT2D eigenvalue weighted by atomic mass is 16.5. The second kappa shape index (κ2) is 8.94. The maximum absolute atomic E-state index is 12.6. The quantitative estimate of drug-likeness (QED) is 0.374. The highest BCUT2D eigenvalue weighted by Crippen LogP contribution is 2.44. The summed E-state index contributed by atoms with van der Waals surface area (Å²) in [5.74, 6) is -0.514. The van der Waals surface area contributed by atoms with Crippen LogP contribution in [0.15, 0.2) is 72.8 Å². The predicted octanol–water partition coefficient (Wildman–Crippen LogP) is 4.71. The molecule has 0 saturated carbocycles. The molecule has 1 heterocycles. The molecule has 0 fully saturated rings. The van der Waals surface area contributed by atoms with Crippen molar-refractivity contribution in [1.29, 1.82) is 0 Å². The number of ether oxygens (including phenoxy) is 2. The first-order chi connectivity index (χ1) is 16.5. The first-order valence-electron chi connectivity index (χ1n) is 11.0. The number of aliphatic carboxylic acids is 1. The van der Waals surface area contributed by atoms with Crippen molar-refractivity contribution in [2.75, 3.05) is 13.7 Å². The molecule has 3 aromatic carbocycles. The molecule has 0 radical (unpaired) electrons. The number of methoxy groups -OCH3 is 1. The molecule has 1 aliphatic carbocycles. The van der Waals surface area contributed by atoms with Crippen LogP contribution in [0.3, 0.4) is 0 Å². The molecule has 0 spiro atoms. The second-order valence-electron chi connectivity index (χ2n) is 8.31. The number of nitrogens with one attached hydrogen (secondary N) is 2. The number of carboxylic acid groups (broad SMARTS) is 1. The fraction of sp³-hybridized carbons (Fsp3) is 0.185. The number of aromatic amines is 1. The van der Waals surface area contributed by atoms with Crippen LogP contribution in [0.4, 0.5) is 4.79 Å². The molecule has 34 heavy (non-hydrogen) atoms. The van der Waals surface area contributed by atoms with Crippen molar-refractivity contribution in [3.8, 4) is 16.9 Å². The van der Waals surface area contributed by atoms with Gasteiger partial charge in [0.2, 0.25) is 0 Å². The van der Waals surface area contributed by atoms with Crippen molar-refractivity contribution < 1.29 is 24.2 Å². The van der Waals surface area contributed by atoms with Crippen molar-refractivity contribution in [1.82, 2.24) is 10.3 Å². The van der Waals surface area contributed by atoms with E-state index in [1.165, 1.54) is 0 Å². The SMILES string of the molecule is COc1ccc2[nH]c(CC(NC(=O)OCC3c4ccccc4-c4ccccc43)C(=O)O)cc2c1. The van der Waals surface area contributed by atoms with Gasteiger partial charge in [0.1, 0.15) is 18.4 Å². The molecule has 5 rings (SSSR count). The van der Waals surface area contributed by atoms with Gasteiger partial charge in [-0.15, -0.1) is 0 Å². The van der Waals surface area contributed by atoms with E-state index in [0.717, 1.165) is 33.2 Å². The van der Waals surface area contributed by atoms with Gasteiger partial charge < -0.3 is 24.9 Å². The number of amides is 1. The molecule has 0 saturated heterocycles. The molecule has 4 aromatic rings. The van der Waals surface area contributed by atoms with Gasteiger partial charge in [0.15, 0.2) is 0 Å². The molecule has 7 nitrogen and oxygen atoms in total. The summed E-state index contributed by atoms with van der Waals surface area (Å²) in [6.45, 7) is 0.123. The highest BCUT2D eigenvalue weighted by molar-refractivity contribution is 5.84. The van der Waals surface area contributed by atoms with Crippen molar-refractivity contribution in [2.45, 2.75) is 18.4 Å². The second-order valence-corrected chi connectivity index (χ2v) is 8.31. The Balaban J connectivity index is 1.26. The molecule has 1 aromatic heterocycles. The van der Waals surface area contributed by atoms with Crippen LogP contribution in [-0.4, -0.2) is 41.9 Å². The molecule has 1 atom stereocenters. The number of benzene rings is 3. The van der Waals surface area contributed by atoms with Gasteiger partial charge >= 0.3 is 12.1 Å². The summed E-state index contributed by atoms with van der Waals surface area (Å²) in [7, 11) is 1.59. The molecule has 0 aliphatic heterocycles. The summed E-state index contributed by atoms with van der Waals surface area (Å²) < 4.78 is 10.7. The normalized spacial score (nSPS) is 13.2. The zero-order valence-electron chi connectivity index (χ0n) is 18.6. The minimum absolute atomic E-state index is 0.0925. The van der Waals surface area contributed by atoms with Crippen LogP contribution in [0, 0.1) is 0 Å². The lowest BCUT2D eigenvalue weighted by molar-refractivity contribution is -0.139. The van der Waals surface area contributed by atoms with E-state index in [9.17, 15) is 14.7 Å². The maximum Gasteiger partial charge on any atom is 0.407 e. The lowest BCUT2D eigenvalue weighted by atomic mass is 9.98. The van der Waals surface area contributed by atoms with Gasteiger partial charge in [0, 0.05) is 28.9 Å². The minimum atomic E-state index is -1.13. The van der Waals surface area contributed by atoms with Gasteiger partial charge in [-0.2, -0.15) is 0 Å². The van der Waals surface area contributed by atoms with Crippen LogP contribution in [0.25, 0.3) is 22.0 Å². The summed E-state index contributed by atoms with van der Waals surface area (Å²) in [6, 6.07) is 22.4. The van der Waals surface area contributed by atoms with Crippen molar-refractivity contribution >= 4 is 23.0 Å². The first kappa shape index (κ1) is 21.6. The Hall–Kier alpha value is -4.26. The van der Waals surface area contributed by atoms with Crippen LogP contribution < -0.4 is 10.1 Å². The first-order valence-corrected chi connectivity index (χ1v) is 11.0. The Morgan fingerprint density at radius 2 is 1.68 bits per heavy atom. The third kappa shape index (κ3) is 4.08. The van der Waals surface area contributed by atoms with E-state index in [4.69, 9.17) is 9.47 Å². The van der Waals surface area contributed by atoms with Gasteiger partial charge in [-0.3, -0.25) is 0 Å². The number of hydrogen-bond donors (Lipinski definition) is 3. The highest BCUT2D eigenvalue weighted by Gasteiger charge is 2.30. The summed E-state index contributed by atoms with van der Waals surface area (Å²) >= 11 is 0. The number of alkyl carbamates (subject to hydrolysis) is 1. The van der Waals surface area contributed by atoms with E-state index in [2.05, 4.69) is 22.4 Å². The Labute approximate surface area is 196 Å². The van der Waals surface area contributed by atoms with E-state index in [-0.39, 0.29) is 18.9 Å². The van der Waals surface area contributed by atoms with Crippen molar-refractivity contribution in [3.05, 3.63) is 89.6 Å². The standard InChI is InChI=1S/C27H24N2O5/c1-33-18-10-11-24-16(13-18)12-17(28-24)14-25(26(30)31)29-27(32)34-15-23-21-8-4-2-6-19(21)20-7-3-5-9-22(20)23/h2-13,23,25,28H,14-15H2,1H3,(H,29,32)(H,30,31). The number of carbonyl (C=O) groups excluding carboxylic acids is 1. The number of aromatic nitrogens is 1. The number of H-pyrrole nitrogens is 1. The molecule has 172 valence electrons. The maximum atomic E-state index is 12.6. The van der Waals surface area contributed by atoms with E-state index in [1.807, 2.05) is 60.7 Å². The average molecular weight is 456 g/mol. The smallest absolute Gasteiger partial charge is 0.407 e. The molecular formula is C27H24N2O5. The van der Waals surface area contributed by atoms with Gasteiger partial charge in [0.05, 0.1) is 7.11 Å². The average Bonchev–Trinajstić information content (AvgIpc) is 3.40. The van der Waals surface area contributed by atoms with E-state index < -0.39 is 18.1 Å². The van der Waals surface area contributed by atoms with Gasteiger partial charge in [-0.1, -0.05) is 48.5 Å². The van der Waals surface area contributed by atoms with Crippen LogP contribution in [-0.2, 0) is 16.0 Å². The molecular weight excluding hydrogens is 432 g/mol. The number of carbonyl (C=O) groups is 2. The molecule has 1 amide bonds. The van der Waals surface area contributed by atoms with Crippen molar-refractivity contribution in [2.24, 2.45) is 0 Å². The topological polar surface area (TPSA) is 101 Å². The molecule has 0 bridgehead atoms. The Kier molecular flexibility index (Phi) is 5.67. The number of rotatable bonds is 7. The van der Waals surface area contributed by atoms with Crippen molar-refractivity contribution in [3.63, 3.8) is 0 Å². The molecule has 1 aliphatic rings. The number of carboxylic acids is 1. The van der Waals surface area contributed by atoms with Gasteiger partial charge in [-0.05, 0) is 46.5 Å². The fourth-order valence-corrected chi connectivity index (χ4v) is 4.61. The van der Waals surface area contributed by atoms with E-state index in [1.54, 1.807) is 7.11 Å². The Morgan fingerprint density at radius 3 is 2.32 bits per heavy atom. The number of hydrogen-bond acceptors (Lipinski definition) is 4. The van der Waals surface area contributed by atoms with Crippen LogP contribution in [0.2, 0.25) is 0 Å². The molecule has 3 N–H and O–H groups in total. The third-order valence-electron chi connectivity index (χ3n) is 6.24. The van der Waals surface area contributed by atoms with Crippen LogP contribution in [0.5, 0.6) is 5.75 Å². The van der Waals surface area contributed by atoms with Gasteiger partial charge in [-0.25, -0.2) is 9.59 Å². The summed E-state index contributed by atoms with van der Waals surface area (Å²) in [5.41, 5.74) is 6.01. The zero-order chi connectivity index (χ0) is 23.7. The minimum Gasteiger partial charge on any atom is -0.497 e. The van der Waals surface area contributed by atoms with Gasteiger partial charge in [0.25, 0.3) is 0 Å². The summed E-state index contributed by atoms with van der Waals surface area (Å²) in [6.07, 6.45) is -0.664.